The maximum atomic E-state index is 12.3. The van der Waals surface area contributed by atoms with Crippen LogP contribution in [0.1, 0.15) is 49.7 Å². The van der Waals surface area contributed by atoms with E-state index in [2.05, 4.69) is 16.0 Å². The molecule has 0 unspecified atom stereocenters. The van der Waals surface area contributed by atoms with Gasteiger partial charge in [-0.25, -0.2) is 0 Å². The molecule has 27 heavy (non-hydrogen) atoms. The zero-order valence-corrected chi connectivity index (χ0v) is 16.4. The summed E-state index contributed by atoms with van der Waals surface area (Å²) in [4.78, 5) is 24.4. The van der Waals surface area contributed by atoms with Gasteiger partial charge < -0.3 is 16.0 Å². The van der Waals surface area contributed by atoms with E-state index in [1.165, 1.54) is 38.5 Å². The molecule has 0 atom stereocenters. The first-order valence-corrected chi connectivity index (χ1v) is 10.3. The first-order chi connectivity index (χ1) is 12.9. The lowest BCUT2D eigenvalue weighted by atomic mass is 9.53. The van der Waals surface area contributed by atoms with Gasteiger partial charge in [-0.15, -0.1) is 0 Å². The molecule has 0 saturated heterocycles. The topological polar surface area (TPSA) is 70.2 Å². The maximum absolute atomic E-state index is 12.3. The summed E-state index contributed by atoms with van der Waals surface area (Å²) < 4.78 is 0. The number of aryl methyl sites for hydroxylation is 1. The van der Waals surface area contributed by atoms with Gasteiger partial charge in [-0.05, 0) is 87.3 Å². The number of nitrogens with one attached hydrogen (secondary N) is 3. The minimum Gasteiger partial charge on any atom is -0.346 e. The van der Waals surface area contributed by atoms with Crippen LogP contribution < -0.4 is 16.0 Å². The summed E-state index contributed by atoms with van der Waals surface area (Å²) in [6.45, 7) is 4.32. The summed E-state index contributed by atoms with van der Waals surface area (Å²) >= 11 is 0. The van der Waals surface area contributed by atoms with Crippen molar-refractivity contribution in [3.63, 3.8) is 0 Å². The van der Waals surface area contributed by atoms with Crippen molar-refractivity contribution >= 4 is 17.5 Å². The van der Waals surface area contributed by atoms with Crippen molar-refractivity contribution in [2.45, 2.75) is 57.9 Å². The van der Waals surface area contributed by atoms with Crippen molar-refractivity contribution in [3.8, 4) is 0 Å². The number of benzene rings is 1. The van der Waals surface area contributed by atoms with Gasteiger partial charge in [0.25, 0.3) is 0 Å². The average molecular weight is 370 g/mol. The molecule has 2 amide bonds. The van der Waals surface area contributed by atoms with Gasteiger partial charge in [-0.2, -0.15) is 0 Å². The summed E-state index contributed by atoms with van der Waals surface area (Å²) in [5.74, 6) is 2.29. The summed E-state index contributed by atoms with van der Waals surface area (Å²) in [7, 11) is 0. The number of carbonyl (C=O) groups excluding carboxylic acids is 2. The van der Waals surface area contributed by atoms with Crippen molar-refractivity contribution in [1.29, 1.82) is 0 Å². The van der Waals surface area contributed by atoms with Crippen LogP contribution in [0, 0.1) is 31.6 Å². The van der Waals surface area contributed by atoms with Gasteiger partial charge in [0, 0.05) is 11.2 Å². The molecule has 0 spiro atoms. The second kappa shape index (κ2) is 7.27. The third-order valence-electron chi connectivity index (χ3n) is 6.99. The lowest BCUT2D eigenvalue weighted by Crippen LogP contribution is -2.60. The Bertz CT molecular complexity index is 708. The van der Waals surface area contributed by atoms with Crippen molar-refractivity contribution < 1.29 is 9.59 Å². The fraction of sp³-hybridized carbons (Fsp3) is 0.636. The Morgan fingerprint density at radius 3 is 2.22 bits per heavy atom. The first kappa shape index (κ1) is 18.5. The number of hydrogen-bond donors (Lipinski definition) is 3. The number of amides is 2. The van der Waals surface area contributed by atoms with Gasteiger partial charge in [0.15, 0.2) is 0 Å². The van der Waals surface area contributed by atoms with Crippen LogP contribution in [0.25, 0.3) is 0 Å². The molecule has 4 saturated carbocycles. The summed E-state index contributed by atoms with van der Waals surface area (Å²) in [6, 6.07) is 5.82. The monoisotopic (exact) mass is 369 g/mol. The molecule has 4 aliphatic carbocycles. The van der Waals surface area contributed by atoms with E-state index in [1.807, 2.05) is 32.0 Å². The smallest absolute Gasteiger partial charge is 0.243 e. The van der Waals surface area contributed by atoms with E-state index in [4.69, 9.17) is 0 Å². The zero-order chi connectivity index (χ0) is 19.0. The number of anilines is 1. The molecule has 4 aliphatic rings. The standard InChI is InChI=1S/C22H31N3O2/c1-14-4-3-5-19(15(14)2)25-21(27)12-23-20(26)13-24-22-9-16-6-17(10-22)8-18(7-16)11-22/h3-5,16-18,24H,6-13H2,1-2H3,(H,23,26)(H,25,27). The van der Waals surface area contributed by atoms with E-state index in [1.54, 1.807) is 0 Å². The molecule has 0 aliphatic heterocycles. The Morgan fingerprint density at radius 2 is 1.59 bits per heavy atom. The number of rotatable bonds is 6. The Labute approximate surface area is 161 Å². The van der Waals surface area contributed by atoms with E-state index in [9.17, 15) is 9.59 Å². The zero-order valence-electron chi connectivity index (χ0n) is 16.4. The van der Waals surface area contributed by atoms with E-state index in [0.717, 1.165) is 34.6 Å². The summed E-state index contributed by atoms with van der Waals surface area (Å²) in [5.41, 5.74) is 3.17. The van der Waals surface area contributed by atoms with Crippen molar-refractivity contribution in [2.75, 3.05) is 18.4 Å². The van der Waals surface area contributed by atoms with Crippen LogP contribution in [0.5, 0.6) is 0 Å². The maximum Gasteiger partial charge on any atom is 0.243 e. The van der Waals surface area contributed by atoms with E-state index in [-0.39, 0.29) is 23.9 Å². The quantitative estimate of drug-likeness (QED) is 0.722. The molecule has 5 nitrogen and oxygen atoms in total. The molecule has 4 bridgehead atoms. The van der Waals surface area contributed by atoms with Crippen molar-refractivity contribution in [1.82, 2.24) is 10.6 Å². The minimum absolute atomic E-state index is 0.00870. The molecule has 3 N–H and O–H groups in total. The van der Waals surface area contributed by atoms with Crippen LogP contribution in [0.4, 0.5) is 5.69 Å². The second-order valence-electron chi connectivity index (χ2n) is 9.12. The number of hydrogen-bond acceptors (Lipinski definition) is 3. The van der Waals surface area contributed by atoms with Gasteiger partial charge in [-0.3, -0.25) is 9.59 Å². The van der Waals surface area contributed by atoms with Gasteiger partial charge >= 0.3 is 0 Å². The first-order valence-electron chi connectivity index (χ1n) is 10.3. The molecule has 4 fully saturated rings. The fourth-order valence-corrected chi connectivity index (χ4v) is 5.92. The lowest BCUT2D eigenvalue weighted by molar-refractivity contribution is -0.124. The molecular formula is C22H31N3O2. The normalized spacial score (nSPS) is 31.0. The Balaban J connectivity index is 1.23. The summed E-state index contributed by atoms with van der Waals surface area (Å²) in [6.07, 6.45) is 7.85. The van der Waals surface area contributed by atoms with Crippen LogP contribution >= 0.6 is 0 Å². The van der Waals surface area contributed by atoms with E-state index >= 15 is 0 Å². The van der Waals surface area contributed by atoms with Gasteiger partial charge in [0.2, 0.25) is 11.8 Å². The largest absolute Gasteiger partial charge is 0.346 e. The third-order valence-corrected chi connectivity index (χ3v) is 6.99. The van der Waals surface area contributed by atoms with Gasteiger partial charge in [0.1, 0.15) is 0 Å². The van der Waals surface area contributed by atoms with Gasteiger partial charge in [0.05, 0.1) is 13.1 Å². The molecule has 1 aromatic carbocycles. The Morgan fingerprint density at radius 1 is 0.963 bits per heavy atom. The SMILES string of the molecule is Cc1cccc(NC(=O)CNC(=O)CNC23CC4CC(CC(C4)C2)C3)c1C. The van der Waals surface area contributed by atoms with Crippen LogP contribution in [-0.4, -0.2) is 30.4 Å². The third kappa shape index (κ3) is 4.03. The fourth-order valence-electron chi connectivity index (χ4n) is 5.92. The molecule has 0 heterocycles. The van der Waals surface area contributed by atoms with Crippen LogP contribution in [0.3, 0.4) is 0 Å². The van der Waals surface area contributed by atoms with Gasteiger partial charge in [-0.1, -0.05) is 12.1 Å². The lowest BCUT2D eigenvalue weighted by Gasteiger charge is -2.57. The minimum atomic E-state index is -0.188. The predicted octanol–water partition coefficient (Wildman–Crippen LogP) is 2.92. The molecule has 5 rings (SSSR count). The van der Waals surface area contributed by atoms with Crippen molar-refractivity contribution in [2.24, 2.45) is 17.8 Å². The Kier molecular flexibility index (Phi) is 4.97. The van der Waals surface area contributed by atoms with Crippen LogP contribution in [0.15, 0.2) is 18.2 Å². The highest BCUT2D eigenvalue weighted by molar-refractivity contribution is 5.95. The highest BCUT2D eigenvalue weighted by atomic mass is 16.2. The average Bonchev–Trinajstić information content (AvgIpc) is 2.61. The summed E-state index contributed by atoms with van der Waals surface area (Å²) in [5, 5.41) is 9.21. The highest BCUT2D eigenvalue weighted by Gasteiger charge is 2.50. The molecule has 1 aromatic rings. The molecule has 0 aromatic heterocycles. The number of carbonyl (C=O) groups is 2. The molecule has 146 valence electrons. The second-order valence-corrected chi connectivity index (χ2v) is 9.12. The van der Waals surface area contributed by atoms with E-state index < -0.39 is 0 Å². The Hall–Kier alpha value is -1.88. The predicted molar refractivity (Wildman–Crippen MR) is 106 cm³/mol. The molecular weight excluding hydrogens is 338 g/mol. The molecule has 5 heteroatoms. The van der Waals surface area contributed by atoms with Crippen LogP contribution in [0.2, 0.25) is 0 Å². The van der Waals surface area contributed by atoms with E-state index in [0.29, 0.717) is 6.54 Å². The molecule has 0 radical (unpaired) electrons. The highest BCUT2D eigenvalue weighted by Crippen LogP contribution is 2.55. The van der Waals surface area contributed by atoms with Crippen molar-refractivity contribution in [3.05, 3.63) is 29.3 Å². The van der Waals surface area contributed by atoms with Crippen LogP contribution in [-0.2, 0) is 9.59 Å².